The van der Waals surface area contributed by atoms with Crippen molar-refractivity contribution >= 4 is 11.8 Å². The fourth-order valence-electron chi connectivity index (χ4n) is 2.61. The molecule has 1 N–H and O–H groups in total. The van der Waals surface area contributed by atoms with Crippen LogP contribution in [0.3, 0.4) is 0 Å². The van der Waals surface area contributed by atoms with Crippen LogP contribution in [0.25, 0.3) is 0 Å². The normalized spacial score (nSPS) is 20.5. The predicted molar refractivity (Wildman–Crippen MR) is 75.2 cm³/mol. The Hall–Kier alpha value is -1.78. The second-order valence-electron chi connectivity index (χ2n) is 5.41. The Morgan fingerprint density at radius 1 is 1.55 bits per heavy atom. The molecule has 0 spiro atoms. The van der Waals surface area contributed by atoms with Gasteiger partial charge in [-0.2, -0.15) is 0 Å². The molecule has 0 saturated carbocycles. The smallest absolute Gasteiger partial charge is 0.255 e. The van der Waals surface area contributed by atoms with Gasteiger partial charge >= 0.3 is 0 Å². The minimum absolute atomic E-state index is 0.00000472. The standard InChI is InChI=1S/C15H22N2O3/c1-3-12-5-4-7-17(9-12)15(19)11(2)16-14(18)13-6-8-20-10-13/h6,8,10-12H,3-5,7,9H2,1-2H3,(H,16,18). The highest BCUT2D eigenvalue weighted by Gasteiger charge is 2.27. The Bertz CT molecular complexity index is 456. The zero-order valence-corrected chi connectivity index (χ0v) is 12.1. The van der Waals surface area contributed by atoms with Crippen molar-refractivity contribution in [1.29, 1.82) is 0 Å². The molecule has 2 atom stereocenters. The third-order valence-electron chi connectivity index (χ3n) is 3.91. The first kappa shape index (κ1) is 14.6. The van der Waals surface area contributed by atoms with Crippen LogP contribution in [0.15, 0.2) is 23.0 Å². The van der Waals surface area contributed by atoms with Gasteiger partial charge in [0.1, 0.15) is 12.3 Å². The minimum Gasteiger partial charge on any atom is -0.472 e. The largest absolute Gasteiger partial charge is 0.472 e. The fourth-order valence-corrected chi connectivity index (χ4v) is 2.61. The average Bonchev–Trinajstić information content (AvgIpc) is 3.00. The summed E-state index contributed by atoms with van der Waals surface area (Å²) in [5.74, 6) is 0.313. The summed E-state index contributed by atoms with van der Waals surface area (Å²) >= 11 is 0. The van der Waals surface area contributed by atoms with Gasteiger partial charge in [-0.25, -0.2) is 0 Å². The number of piperidine rings is 1. The van der Waals surface area contributed by atoms with Crippen LogP contribution < -0.4 is 5.32 Å². The molecule has 5 heteroatoms. The molecule has 0 aromatic carbocycles. The molecule has 2 amide bonds. The number of carbonyl (C=O) groups is 2. The first-order valence-corrected chi connectivity index (χ1v) is 7.23. The highest BCUT2D eigenvalue weighted by atomic mass is 16.3. The summed E-state index contributed by atoms with van der Waals surface area (Å²) in [7, 11) is 0. The molecule has 2 rings (SSSR count). The molecule has 2 unspecified atom stereocenters. The van der Waals surface area contributed by atoms with Gasteiger partial charge in [-0.3, -0.25) is 9.59 Å². The van der Waals surface area contributed by atoms with Crippen LogP contribution in [0.5, 0.6) is 0 Å². The number of furan rings is 1. The van der Waals surface area contributed by atoms with Gasteiger partial charge in [0.05, 0.1) is 11.8 Å². The molecular weight excluding hydrogens is 256 g/mol. The molecule has 0 aliphatic carbocycles. The molecule has 20 heavy (non-hydrogen) atoms. The number of hydrogen-bond donors (Lipinski definition) is 1. The van der Waals surface area contributed by atoms with Crippen molar-refractivity contribution in [2.45, 2.75) is 39.2 Å². The second-order valence-corrected chi connectivity index (χ2v) is 5.41. The van der Waals surface area contributed by atoms with Crippen LogP contribution in [0.4, 0.5) is 0 Å². The van der Waals surface area contributed by atoms with Gasteiger partial charge in [0, 0.05) is 13.1 Å². The van der Waals surface area contributed by atoms with E-state index in [-0.39, 0.29) is 11.8 Å². The maximum atomic E-state index is 12.4. The maximum absolute atomic E-state index is 12.4. The number of nitrogens with zero attached hydrogens (tertiary/aromatic N) is 1. The highest BCUT2D eigenvalue weighted by molar-refractivity contribution is 5.97. The van der Waals surface area contributed by atoms with Crippen LogP contribution in [0.2, 0.25) is 0 Å². The molecule has 1 fully saturated rings. The van der Waals surface area contributed by atoms with Crippen molar-refractivity contribution < 1.29 is 14.0 Å². The molecule has 1 aromatic heterocycles. The van der Waals surface area contributed by atoms with E-state index in [1.54, 1.807) is 13.0 Å². The molecule has 1 aliphatic rings. The van der Waals surface area contributed by atoms with Crippen molar-refractivity contribution in [3.05, 3.63) is 24.2 Å². The monoisotopic (exact) mass is 278 g/mol. The van der Waals surface area contributed by atoms with Crippen molar-refractivity contribution in [3.63, 3.8) is 0 Å². The predicted octanol–water partition coefficient (Wildman–Crippen LogP) is 2.05. The van der Waals surface area contributed by atoms with E-state index in [9.17, 15) is 9.59 Å². The summed E-state index contributed by atoms with van der Waals surface area (Å²) in [6.45, 7) is 5.49. The molecule has 1 saturated heterocycles. The number of amides is 2. The number of nitrogens with one attached hydrogen (secondary N) is 1. The van der Waals surface area contributed by atoms with E-state index >= 15 is 0 Å². The van der Waals surface area contributed by atoms with E-state index in [0.29, 0.717) is 11.5 Å². The Kier molecular flexibility index (Phi) is 4.82. The van der Waals surface area contributed by atoms with Crippen LogP contribution in [-0.2, 0) is 4.79 Å². The topological polar surface area (TPSA) is 62.6 Å². The Morgan fingerprint density at radius 3 is 3.00 bits per heavy atom. The van der Waals surface area contributed by atoms with Crippen LogP contribution >= 0.6 is 0 Å². The lowest BCUT2D eigenvalue weighted by Crippen LogP contribution is -2.49. The first-order valence-electron chi connectivity index (χ1n) is 7.23. The van der Waals surface area contributed by atoms with Crippen molar-refractivity contribution in [3.8, 4) is 0 Å². The third kappa shape index (κ3) is 3.40. The maximum Gasteiger partial charge on any atom is 0.255 e. The summed E-state index contributed by atoms with van der Waals surface area (Å²) in [4.78, 5) is 26.1. The second kappa shape index (κ2) is 6.59. The summed E-state index contributed by atoms with van der Waals surface area (Å²) in [6.07, 6.45) is 6.15. The minimum atomic E-state index is -0.506. The highest BCUT2D eigenvalue weighted by Crippen LogP contribution is 2.19. The van der Waals surface area contributed by atoms with Crippen molar-refractivity contribution in [1.82, 2.24) is 10.2 Å². The van der Waals surface area contributed by atoms with E-state index in [4.69, 9.17) is 4.42 Å². The van der Waals surface area contributed by atoms with Gasteiger partial charge < -0.3 is 14.6 Å². The average molecular weight is 278 g/mol. The molecule has 5 nitrogen and oxygen atoms in total. The summed E-state index contributed by atoms with van der Waals surface area (Å²) in [5, 5.41) is 2.72. The summed E-state index contributed by atoms with van der Waals surface area (Å²) in [6, 6.07) is 1.08. The Morgan fingerprint density at radius 2 is 2.35 bits per heavy atom. The number of likely N-dealkylation sites (tertiary alicyclic amines) is 1. The molecule has 0 radical (unpaired) electrons. The quantitative estimate of drug-likeness (QED) is 0.916. The lowest BCUT2D eigenvalue weighted by Gasteiger charge is -2.34. The molecule has 2 heterocycles. The van der Waals surface area contributed by atoms with E-state index in [2.05, 4.69) is 12.2 Å². The Balaban J connectivity index is 1.90. The third-order valence-corrected chi connectivity index (χ3v) is 3.91. The fraction of sp³-hybridized carbons (Fsp3) is 0.600. The molecule has 1 aromatic rings. The van der Waals surface area contributed by atoms with Gasteiger partial charge in [-0.05, 0) is 31.7 Å². The van der Waals surface area contributed by atoms with E-state index < -0.39 is 6.04 Å². The van der Waals surface area contributed by atoms with Gasteiger partial charge in [0.15, 0.2) is 0 Å². The van der Waals surface area contributed by atoms with Gasteiger partial charge in [0.2, 0.25) is 5.91 Å². The number of carbonyl (C=O) groups excluding carboxylic acids is 2. The van der Waals surface area contributed by atoms with Gasteiger partial charge in [0.25, 0.3) is 5.91 Å². The Labute approximate surface area is 119 Å². The SMILES string of the molecule is CCC1CCCN(C(=O)C(C)NC(=O)c2ccoc2)C1. The van der Waals surface area contributed by atoms with Crippen LogP contribution in [0.1, 0.15) is 43.5 Å². The zero-order valence-electron chi connectivity index (χ0n) is 12.1. The molecular formula is C15H22N2O3. The van der Waals surface area contributed by atoms with Crippen LogP contribution in [0, 0.1) is 5.92 Å². The van der Waals surface area contributed by atoms with Gasteiger partial charge in [-0.1, -0.05) is 13.3 Å². The summed E-state index contributed by atoms with van der Waals surface area (Å²) in [5.41, 5.74) is 0.440. The molecule has 1 aliphatic heterocycles. The van der Waals surface area contributed by atoms with Gasteiger partial charge in [-0.15, -0.1) is 0 Å². The van der Waals surface area contributed by atoms with Crippen molar-refractivity contribution in [2.75, 3.05) is 13.1 Å². The lowest BCUT2D eigenvalue weighted by atomic mass is 9.95. The zero-order chi connectivity index (χ0) is 14.5. The van der Waals surface area contributed by atoms with E-state index in [0.717, 1.165) is 25.9 Å². The van der Waals surface area contributed by atoms with Crippen molar-refractivity contribution in [2.24, 2.45) is 5.92 Å². The number of hydrogen-bond acceptors (Lipinski definition) is 3. The summed E-state index contributed by atoms with van der Waals surface area (Å²) < 4.78 is 4.87. The number of rotatable bonds is 4. The lowest BCUT2D eigenvalue weighted by molar-refractivity contribution is -0.134. The molecule has 110 valence electrons. The van der Waals surface area contributed by atoms with E-state index in [1.165, 1.54) is 18.9 Å². The first-order chi connectivity index (χ1) is 9.61. The van der Waals surface area contributed by atoms with E-state index in [1.807, 2.05) is 4.90 Å². The van der Waals surface area contributed by atoms with Crippen LogP contribution in [-0.4, -0.2) is 35.8 Å². The molecule has 0 bridgehead atoms.